The number of hydrazine groups is 1. The summed E-state index contributed by atoms with van der Waals surface area (Å²) in [5.41, 5.74) is 7.87. The van der Waals surface area contributed by atoms with Crippen molar-refractivity contribution in [1.29, 1.82) is 0 Å². The normalized spacial score (nSPS) is 19.2. The van der Waals surface area contributed by atoms with Gasteiger partial charge in [-0.05, 0) is 35.4 Å². The first-order chi connectivity index (χ1) is 12.6. The van der Waals surface area contributed by atoms with E-state index in [-0.39, 0.29) is 23.7 Å². The van der Waals surface area contributed by atoms with E-state index in [2.05, 4.69) is 16.2 Å². The summed E-state index contributed by atoms with van der Waals surface area (Å²) < 4.78 is 23.6. The van der Waals surface area contributed by atoms with Crippen molar-refractivity contribution in [3.05, 3.63) is 59.4 Å². The van der Waals surface area contributed by atoms with E-state index in [0.717, 1.165) is 11.1 Å². The van der Waals surface area contributed by atoms with Crippen LogP contribution in [-0.4, -0.2) is 26.7 Å². The van der Waals surface area contributed by atoms with Crippen LogP contribution in [0.25, 0.3) is 0 Å². The lowest BCUT2D eigenvalue weighted by molar-refractivity contribution is -0.125. The van der Waals surface area contributed by atoms with Gasteiger partial charge >= 0.3 is 0 Å². The fourth-order valence-corrected chi connectivity index (χ4v) is 3.04. The van der Waals surface area contributed by atoms with Gasteiger partial charge in [0.25, 0.3) is 0 Å². The van der Waals surface area contributed by atoms with E-state index in [1.807, 2.05) is 12.1 Å². The third-order valence-corrected chi connectivity index (χ3v) is 4.46. The van der Waals surface area contributed by atoms with Crippen LogP contribution >= 0.6 is 0 Å². The summed E-state index contributed by atoms with van der Waals surface area (Å²) in [5.74, 6) is 0.595. The second kappa shape index (κ2) is 8.16. The van der Waals surface area contributed by atoms with Gasteiger partial charge < -0.3 is 14.8 Å². The Labute approximate surface area is 151 Å². The van der Waals surface area contributed by atoms with Crippen molar-refractivity contribution in [3.63, 3.8) is 0 Å². The highest BCUT2D eigenvalue weighted by atomic mass is 19.1. The summed E-state index contributed by atoms with van der Waals surface area (Å²) in [5, 5.41) is 2.95. The molecule has 1 heterocycles. The Morgan fingerprint density at radius 2 is 1.88 bits per heavy atom. The molecule has 1 fully saturated rings. The van der Waals surface area contributed by atoms with E-state index in [1.54, 1.807) is 32.4 Å². The molecule has 2 aromatic carbocycles. The molecule has 2 aromatic rings. The van der Waals surface area contributed by atoms with Gasteiger partial charge in [0, 0.05) is 13.1 Å². The monoisotopic (exact) mass is 359 g/mol. The van der Waals surface area contributed by atoms with Gasteiger partial charge in [0.1, 0.15) is 5.82 Å². The van der Waals surface area contributed by atoms with E-state index in [1.165, 1.54) is 12.1 Å². The van der Waals surface area contributed by atoms with Gasteiger partial charge in [0.15, 0.2) is 11.5 Å². The van der Waals surface area contributed by atoms with Crippen LogP contribution in [0.3, 0.4) is 0 Å². The Hall–Kier alpha value is -2.64. The van der Waals surface area contributed by atoms with Crippen LogP contribution in [0.1, 0.15) is 17.2 Å². The first-order valence-corrected chi connectivity index (χ1v) is 8.35. The molecule has 1 amide bonds. The molecule has 0 aliphatic carbocycles. The number of amides is 1. The SMILES string of the molecule is COc1ccc(CNC(=O)C2CNNC2c2ccc(F)cc2)cc1OC. The zero-order valence-corrected chi connectivity index (χ0v) is 14.7. The molecule has 138 valence electrons. The number of hydrogen-bond acceptors (Lipinski definition) is 5. The summed E-state index contributed by atoms with van der Waals surface area (Å²) in [6, 6.07) is 11.5. The third kappa shape index (κ3) is 3.95. The van der Waals surface area contributed by atoms with Crippen LogP contribution in [0.5, 0.6) is 11.5 Å². The summed E-state index contributed by atoms with van der Waals surface area (Å²) >= 11 is 0. The van der Waals surface area contributed by atoms with Crippen LogP contribution < -0.4 is 25.6 Å². The molecular weight excluding hydrogens is 337 g/mol. The second-order valence-corrected chi connectivity index (χ2v) is 6.07. The van der Waals surface area contributed by atoms with Crippen molar-refractivity contribution < 1.29 is 18.7 Å². The molecule has 3 rings (SSSR count). The van der Waals surface area contributed by atoms with Crippen molar-refractivity contribution in [2.45, 2.75) is 12.6 Å². The summed E-state index contributed by atoms with van der Waals surface area (Å²) in [4.78, 5) is 12.6. The number of halogens is 1. The molecule has 26 heavy (non-hydrogen) atoms. The molecule has 0 aromatic heterocycles. The second-order valence-electron chi connectivity index (χ2n) is 6.07. The van der Waals surface area contributed by atoms with Crippen molar-refractivity contribution in [2.24, 2.45) is 5.92 Å². The Bertz CT molecular complexity index is 767. The van der Waals surface area contributed by atoms with Gasteiger partial charge in [-0.15, -0.1) is 0 Å². The van der Waals surface area contributed by atoms with E-state index in [9.17, 15) is 9.18 Å². The molecule has 1 aliphatic rings. The third-order valence-electron chi connectivity index (χ3n) is 4.46. The number of ether oxygens (including phenoxy) is 2. The molecule has 6 nitrogen and oxygen atoms in total. The van der Waals surface area contributed by atoms with Gasteiger partial charge in [0.2, 0.25) is 5.91 Å². The standard InChI is InChI=1S/C19H22FN3O3/c1-25-16-8-3-12(9-17(16)26-2)10-21-19(24)15-11-22-23-18(15)13-4-6-14(20)7-5-13/h3-9,15,18,22-23H,10-11H2,1-2H3,(H,21,24). The van der Waals surface area contributed by atoms with Gasteiger partial charge in [0.05, 0.1) is 26.2 Å². The van der Waals surface area contributed by atoms with Gasteiger partial charge in [-0.3, -0.25) is 10.2 Å². The lowest BCUT2D eigenvalue weighted by Gasteiger charge is -2.18. The Morgan fingerprint density at radius 3 is 2.58 bits per heavy atom. The van der Waals surface area contributed by atoms with Crippen molar-refractivity contribution in [3.8, 4) is 11.5 Å². The molecule has 1 aliphatic heterocycles. The van der Waals surface area contributed by atoms with Gasteiger partial charge in [-0.25, -0.2) is 9.82 Å². The number of carbonyl (C=O) groups is 1. The minimum Gasteiger partial charge on any atom is -0.493 e. The lowest BCUT2D eigenvalue weighted by Crippen LogP contribution is -2.34. The molecule has 2 unspecified atom stereocenters. The van der Waals surface area contributed by atoms with Crippen molar-refractivity contribution in [2.75, 3.05) is 20.8 Å². The van der Waals surface area contributed by atoms with Crippen LogP contribution in [-0.2, 0) is 11.3 Å². The molecule has 2 atom stereocenters. The highest BCUT2D eigenvalue weighted by molar-refractivity contribution is 5.80. The molecule has 0 bridgehead atoms. The number of methoxy groups -OCH3 is 2. The maximum absolute atomic E-state index is 13.1. The first kappa shape index (κ1) is 18.2. The molecule has 0 saturated carbocycles. The highest BCUT2D eigenvalue weighted by Crippen LogP contribution is 2.28. The molecule has 0 radical (unpaired) electrons. The number of nitrogens with one attached hydrogen (secondary N) is 3. The molecular formula is C19H22FN3O3. The maximum Gasteiger partial charge on any atom is 0.226 e. The van der Waals surface area contributed by atoms with E-state index >= 15 is 0 Å². The maximum atomic E-state index is 13.1. The molecule has 3 N–H and O–H groups in total. The Balaban J connectivity index is 1.65. The number of rotatable bonds is 6. The quantitative estimate of drug-likeness (QED) is 0.735. The van der Waals surface area contributed by atoms with E-state index in [4.69, 9.17) is 9.47 Å². The number of hydrogen-bond donors (Lipinski definition) is 3. The van der Waals surface area contributed by atoms with Crippen molar-refractivity contribution in [1.82, 2.24) is 16.2 Å². The summed E-state index contributed by atoms with van der Waals surface area (Å²) in [6.07, 6.45) is 0. The average molecular weight is 359 g/mol. The largest absolute Gasteiger partial charge is 0.493 e. The minimum atomic E-state index is -0.297. The van der Waals surface area contributed by atoms with Crippen LogP contribution in [0.15, 0.2) is 42.5 Å². The van der Waals surface area contributed by atoms with Crippen LogP contribution in [0.2, 0.25) is 0 Å². The predicted molar refractivity (Wildman–Crippen MR) is 95.2 cm³/mol. The Kier molecular flexibility index (Phi) is 5.70. The topological polar surface area (TPSA) is 71.6 Å². The molecule has 0 spiro atoms. The first-order valence-electron chi connectivity index (χ1n) is 8.35. The van der Waals surface area contributed by atoms with Crippen molar-refractivity contribution >= 4 is 5.91 Å². The fraction of sp³-hybridized carbons (Fsp3) is 0.316. The van der Waals surface area contributed by atoms with Crippen LogP contribution in [0.4, 0.5) is 4.39 Å². The average Bonchev–Trinajstić information content (AvgIpc) is 3.16. The van der Waals surface area contributed by atoms with Crippen LogP contribution in [0, 0.1) is 11.7 Å². The number of carbonyl (C=O) groups excluding carboxylic acids is 1. The highest BCUT2D eigenvalue weighted by Gasteiger charge is 2.33. The van der Waals surface area contributed by atoms with E-state index in [0.29, 0.717) is 24.6 Å². The Morgan fingerprint density at radius 1 is 1.15 bits per heavy atom. The predicted octanol–water partition coefficient (Wildman–Crippen LogP) is 1.92. The lowest BCUT2D eigenvalue weighted by atomic mass is 9.94. The van der Waals surface area contributed by atoms with Gasteiger partial charge in [-0.1, -0.05) is 18.2 Å². The molecule has 7 heteroatoms. The fourth-order valence-electron chi connectivity index (χ4n) is 3.04. The van der Waals surface area contributed by atoms with Gasteiger partial charge in [-0.2, -0.15) is 0 Å². The summed E-state index contributed by atoms with van der Waals surface area (Å²) in [6.45, 7) is 0.881. The zero-order valence-electron chi connectivity index (χ0n) is 14.7. The molecule has 1 saturated heterocycles. The number of benzene rings is 2. The summed E-state index contributed by atoms with van der Waals surface area (Å²) in [7, 11) is 3.15. The zero-order chi connectivity index (χ0) is 18.5. The van der Waals surface area contributed by atoms with E-state index < -0.39 is 0 Å². The minimum absolute atomic E-state index is 0.0772. The smallest absolute Gasteiger partial charge is 0.226 e.